The Morgan fingerprint density at radius 1 is 0.517 bits per heavy atom. The molecule has 0 aliphatic heterocycles. The quantitative estimate of drug-likeness (QED) is 0.0234. The zero-order chi connectivity index (χ0) is 44.0. The first-order valence-electron chi connectivity index (χ1n) is 24.4. The highest BCUT2D eigenvalue weighted by atomic mass is 31.2. The molecule has 60 heavy (non-hydrogen) atoms. The van der Waals surface area contributed by atoms with Crippen molar-refractivity contribution in [3.8, 4) is 0 Å². The normalized spacial score (nSPS) is 14.0. The van der Waals surface area contributed by atoms with E-state index in [0.717, 1.165) is 70.6 Å². The van der Waals surface area contributed by atoms with Crippen LogP contribution in [0.1, 0.15) is 226 Å². The van der Waals surface area contributed by atoms with Crippen molar-refractivity contribution in [2.24, 2.45) is 0 Å². The molecular weight excluding hydrogens is 780 g/mol. The van der Waals surface area contributed by atoms with Crippen molar-refractivity contribution in [1.29, 1.82) is 0 Å². The SMILES string of the molecule is CC/C=C\C/C=C\C/C=C\CCCCCCCC(=O)OC(COC(=O)CCCCCCCCCCCCCCCCCCCCCCCC)COP(=O)(O)OCC(O)CO. The zero-order valence-corrected chi connectivity index (χ0v) is 39.3. The molecule has 0 aliphatic carbocycles. The van der Waals surface area contributed by atoms with E-state index in [9.17, 15) is 24.2 Å². The van der Waals surface area contributed by atoms with Crippen molar-refractivity contribution in [3.05, 3.63) is 36.5 Å². The van der Waals surface area contributed by atoms with Gasteiger partial charge < -0.3 is 24.6 Å². The summed E-state index contributed by atoms with van der Waals surface area (Å²) in [5, 5.41) is 18.4. The number of carbonyl (C=O) groups excluding carboxylic acids is 2. The highest BCUT2D eigenvalue weighted by Crippen LogP contribution is 2.43. The van der Waals surface area contributed by atoms with Crippen molar-refractivity contribution in [2.45, 2.75) is 238 Å². The predicted octanol–water partition coefficient (Wildman–Crippen LogP) is 13.5. The van der Waals surface area contributed by atoms with Crippen molar-refractivity contribution in [2.75, 3.05) is 26.4 Å². The van der Waals surface area contributed by atoms with Gasteiger partial charge in [-0.3, -0.25) is 18.6 Å². The van der Waals surface area contributed by atoms with Gasteiger partial charge in [0.15, 0.2) is 6.10 Å². The molecule has 0 radical (unpaired) electrons. The molecule has 0 amide bonds. The lowest BCUT2D eigenvalue weighted by Crippen LogP contribution is -2.29. The van der Waals surface area contributed by atoms with Gasteiger partial charge in [0.05, 0.1) is 19.8 Å². The standard InChI is InChI=1S/C49H91O10P/c1-3-5-7-9-11-13-15-17-19-20-21-22-23-24-25-27-28-30-32-34-36-38-40-48(52)56-44-47(45-58-60(54,55)57-43-46(51)42-50)59-49(53)41-39-37-35-33-31-29-26-18-16-14-12-10-8-6-4-2/h6,8,12,14,18,26,46-47,50-51H,3-5,7,9-11,13,15-17,19-25,27-45H2,1-2H3,(H,54,55)/b8-6-,14-12-,26-18-. The number of unbranched alkanes of at least 4 members (excludes halogenated alkanes) is 26. The third kappa shape index (κ3) is 44.3. The number of rotatable bonds is 46. The Kier molecular flexibility index (Phi) is 43.9. The fourth-order valence-corrected chi connectivity index (χ4v) is 7.62. The van der Waals surface area contributed by atoms with E-state index >= 15 is 0 Å². The van der Waals surface area contributed by atoms with Gasteiger partial charge in [0.25, 0.3) is 0 Å². The Balaban J connectivity index is 4.16. The monoisotopic (exact) mass is 871 g/mol. The van der Waals surface area contributed by atoms with Crippen LogP contribution in [0, 0.1) is 0 Å². The van der Waals surface area contributed by atoms with Gasteiger partial charge >= 0.3 is 19.8 Å². The average Bonchev–Trinajstić information content (AvgIpc) is 3.24. The second-order valence-electron chi connectivity index (χ2n) is 16.5. The average molecular weight is 871 g/mol. The minimum atomic E-state index is -4.62. The molecule has 0 bridgehead atoms. The molecule has 3 unspecified atom stereocenters. The first-order chi connectivity index (χ1) is 29.2. The molecule has 0 saturated heterocycles. The van der Waals surface area contributed by atoms with E-state index in [1.165, 1.54) is 116 Å². The van der Waals surface area contributed by atoms with E-state index in [0.29, 0.717) is 12.8 Å². The predicted molar refractivity (Wildman–Crippen MR) is 247 cm³/mol. The summed E-state index contributed by atoms with van der Waals surface area (Å²) in [6.45, 7) is 2.28. The van der Waals surface area contributed by atoms with Crippen LogP contribution in [0.3, 0.4) is 0 Å². The molecule has 0 aromatic rings. The largest absolute Gasteiger partial charge is 0.472 e. The molecule has 0 fully saturated rings. The summed E-state index contributed by atoms with van der Waals surface area (Å²) in [7, 11) is -4.62. The lowest BCUT2D eigenvalue weighted by atomic mass is 10.0. The molecule has 0 rings (SSSR count). The van der Waals surface area contributed by atoms with E-state index in [-0.39, 0.29) is 19.4 Å². The van der Waals surface area contributed by atoms with Gasteiger partial charge in [0.1, 0.15) is 12.7 Å². The van der Waals surface area contributed by atoms with Gasteiger partial charge in [-0.1, -0.05) is 204 Å². The number of aliphatic hydroxyl groups is 2. The third-order valence-electron chi connectivity index (χ3n) is 10.6. The highest BCUT2D eigenvalue weighted by Gasteiger charge is 2.27. The van der Waals surface area contributed by atoms with Crippen LogP contribution in [0.25, 0.3) is 0 Å². The van der Waals surface area contributed by atoms with Crippen LogP contribution in [-0.4, -0.2) is 65.7 Å². The van der Waals surface area contributed by atoms with E-state index in [4.69, 9.17) is 23.6 Å². The number of phosphoric acid groups is 1. The van der Waals surface area contributed by atoms with Gasteiger partial charge in [-0.05, 0) is 44.9 Å². The highest BCUT2D eigenvalue weighted by molar-refractivity contribution is 7.47. The number of aliphatic hydroxyl groups excluding tert-OH is 2. The van der Waals surface area contributed by atoms with Crippen molar-refractivity contribution >= 4 is 19.8 Å². The van der Waals surface area contributed by atoms with Gasteiger partial charge in [-0.25, -0.2) is 4.57 Å². The van der Waals surface area contributed by atoms with Gasteiger partial charge in [0, 0.05) is 12.8 Å². The number of hydrogen-bond acceptors (Lipinski definition) is 9. The van der Waals surface area contributed by atoms with Crippen molar-refractivity contribution < 1.29 is 47.8 Å². The van der Waals surface area contributed by atoms with E-state index in [1.54, 1.807) is 0 Å². The van der Waals surface area contributed by atoms with Crippen LogP contribution >= 0.6 is 7.82 Å². The second kappa shape index (κ2) is 45.2. The van der Waals surface area contributed by atoms with Crippen molar-refractivity contribution in [3.63, 3.8) is 0 Å². The molecule has 0 spiro atoms. The number of phosphoric ester groups is 1. The second-order valence-corrected chi connectivity index (χ2v) is 17.9. The minimum absolute atomic E-state index is 0.166. The van der Waals surface area contributed by atoms with Crippen LogP contribution in [0.15, 0.2) is 36.5 Å². The summed E-state index contributed by atoms with van der Waals surface area (Å²) in [4.78, 5) is 35.1. The molecule has 352 valence electrons. The van der Waals surface area contributed by atoms with E-state index in [1.807, 2.05) is 0 Å². The Morgan fingerprint density at radius 3 is 1.38 bits per heavy atom. The van der Waals surface area contributed by atoms with E-state index in [2.05, 4.69) is 50.3 Å². The summed E-state index contributed by atoms with van der Waals surface area (Å²) >= 11 is 0. The smallest absolute Gasteiger partial charge is 0.462 e. The van der Waals surface area contributed by atoms with Crippen LogP contribution in [0.4, 0.5) is 0 Å². The molecule has 11 heteroatoms. The molecule has 0 aromatic carbocycles. The minimum Gasteiger partial charge on any atom is -0.462 e. The maximum Gasteiger partial charge on any atom is 0.472 e. The molecular formula is C49H91O10P. The first kappa shape index (κ1) is 58.2. The number of ether oxygens (including phenoxy) is 2. The van der Waals surface area contributed by atoms with Gasteiger partial charge in [0.2, 0.25) is 0 Å². The van der Waals surface area contributed by atoms with E-state index < -0.39 is 51.8 Å². The Labute approximate surface area is 367 Å². The van der Waals surface area contributed by atoms with Crippen LogP contribution in [0.5, 0.6) is 0 Å². The van der Waals surface area contributed by atoms with Crippen LogP contribution in [-0.2, 0) is 32.7 Å². The molecule has 10 nitrogen and oxygen atoms in total. The lowest BCUT2D eigenvalue weighted by molar-refractivity contribution is -0.161. The lowest BCUT2D eigenvalue weighted by Gasteiger charge is -2.20. The van der Waals surface area contributed by atoms with Crippen LogP contribution < -0.4 is 0 Å². The molecule has 0 heterocycles. The third-order valence-corrected chi connectivity index (χ3v) is 11.5. The van der Waals surface area contributed by atoms with Gasteiger partial charge in [-0.15, -0.1) is 0 Å². The Hall–Kier alpha value is -1.81. The first-order valence-corrected chi connectivity index (χ1v) is 25.9. The molecule has 0 aliphatic rings. The Bertz CT molecular complexity index is 1090. The number of esters is 2. The van der Waals surface area contributed by atoms with Crippen molar-refractivity contribution in [1.82, 2.24) is 0 Å². The topological polar surface area (TPSA) is 149 Å². The summed E-state index contributed by atoms with van der Waals surface area (Å²) in [5.41, 5.74) is 0. The molecule has 0 aromatic heterocycles. The van der Waals surface area contributed by atoms with Gasteiger partial charge in [-0.2, -0.15) is 0 Å². The fourth-order valence-electron chi connectivity index (χ4n) is 6.83. The number of allylic oxidation sites excluding steroid dienone is 6. The number of hydrogen-bond donors (Lipinski definition) is 3. The zero-order valence-electron chi connectivity index (χ0n) is 38.4. The molecule has 3 atom stereocenters. The molecule has 0 saturated carbocycles. The summed E-state index contributed by atoms with van der Waals surface area (Å²) in [5.74, 6) is -0.935. The maximum absolute atomic E-state index is 12.6. The molecule has 3 N–H and O–H groups in total. The fraction of sp³-hybridized carbons (Fsp3) is 0.837. The van der Waals surface area contributed by atoms with Crippen LogP contribution in [0.2, 0.25) is 0 Å². The number of carbonyl (C=O) groups is 2. The maximum atomic E-state index is 12.6. The summed E-state index contributed by atoms with van der Waals surface area (Å²) in [6, 6.07) is 0. The Morgan fingerprint density at radius 2 is 0.917 bits per heavy atom. The summed E-state index contributed by atoms with van der Waals surface area (Å²) < 4.78 is 32.8. The summed E-state index contributed by atoms with van der Waals surface area (Å²) in [6.07, 6.45) is 48.3.